The van der Waals surface area contributed by atoms with Crippen LogP contribution < -0.4 is 0 Å². The summed E-state index contributed by atoms with van der Waals surface area (Å²) in [4.78, 5) is 15.0. The van der Waals surface area contributed by atoms with E-state index in [1.54, 1.807) is 6.07 Å². The molecule has 0 aromatic carbocycles. The van der Waals surface area contributed by atoms with Gasteiger partial charge in [-0.1, -0.05) is 15.9 Å². The van der Waals surface area contributed by atoms with Crippen LogP contribution in [0.5, 0.6) is 0 Å². The molecule has 7 heteroatoms. The lowest BCUT2D eigenvalue weighted by molar-refractivity contribution is -0.139. The molecule has 0 saturated carbocycles. The van der Waals surface area contributed by atoms with Crippen LogP contribution in [0, 0.1) is 11.3 Å². The van der Waals surface area contributed by atoms with Gasteiger partial charge in [0.2, 0.25) is 0 Å². The molecule has 0 spiro atoms. The summed E-state index contributed by atoms with van der Waals surface area (Å²) in [6.07, 6.45) is -1.87. The van der Waals surface area contributed by atoms with E-state index in [0.29, 0.717) is 0 Å². The van der Waals surface area contributed by atoms with Gasteiger partial charge in [-0.3, -0.25) is 9.78 Å². The van der Waals surface area contributed by atoms with Crippen molar-refractivity contribution in [2.75, 3.05) is 7.11 Å². The third-order valence-electron chi connectivity index (χ3n) is 2.29. The van der Waals surface area contributed by atoms with Gasteiger partial charge in [-0.05, 0) is 5.56 Å². The second-order valence-corrected chi connectivity index (χ2v) is 3.88. The van der Waals surface area contributed by atoms with Crippen LogP contribution in [-0.2, 0) is 21.3 Å². The van der Waals surface area contributed by atoms with Crippen molar-refractivity contribution in [1.82, 2.24) is 4.98 Å². The van der Waals surface area contributed by atoms with E-state index in [9.17, 15) is 13.6 Å². The molecule has 0 atom stereocenters. The van der Waals surface area contributed by atoms with Crippen LogP contribution in [0.3, 0.4) is 0 Å². The number of halogens is 3. The topological polar surface area (TPSA) is 63.0 Å². The molecule has 0 aliphatic heterocycles. The lowest BCUT2D eigenvalue weighted by Gasteiger charge is -2.11. The van der Waals surface area contributed by atoms with Gasteiger partial charge in [0.1, 0.15) is 6.07 Å². The Kier molecular flexibility index (Phi) is 5.16. The minimum atomic E-state index is -2.80. The van der Waals surface area contributed by atoms with Gasteiger partial charge in [0.15, 0.2) is 0 Å². The summed E-state index contributed by atoms with van der Waals surface area (Å²) in [7, 11) is 1.18. The summed E-state index contributed by atoms with van der Waals surface area (Å²) in [6.45, 7) is 0. The number of methoxy groups -OCH3 is 1. The lowest BCUT2D eigenvalue weighted by Crippen LogP contribution is -2.11. The first-order valence-electron chi connectivity index (χ1n) is 4.86. The summed E-state index contributed by atoms with van der Waals surface area (Å²) in [5.74, 6) is -0.634. The van der Waals surface area contributed by atoms with Gasteiger partial charge in [-0.2, -0.15) is 5.26 Å². The molecule has 0 bridgehead atoms. The molecule has 0 fully saturated rings. The summed E-state index contributed by atoms with van der Waals surface area (Å²) in [6, 6.07) is 1.68. The minimum Gasteiger partial charge on any atom is -0.469 e. The van der Waals surface area contributed by atoms with Crippen molar-refractivity contribution in [1.29, 1.82) is 5.26 Å². The number of hydrogen-bond acceptors (Lipinski definition) is 4. The van der Waals surface area contributed by atoms with Gasteiger partial charge < -0.3 is 4.74 Å². The van der Waals surface area contributed by atoms with Gasteiger partial charge in [-0.25, -0.2) is 8.78 Å². The van der Waals surface area contributed by atoms with Gasteiger partial charge in [0.05, 0.1) is 24.8 Å². The largest absolute Gasteiger partial charge is 0.469 e. The zero-order valence-corrected chi connectivity index (χ0v) is 11.0. The van der Waals surface area contributed by atoms with E-state index >= 15 is 0 Å². The predicted molar refractivity (Wildman–Crippen MR) is 62.3 cm³/mol. The fourth-order valence-corrected chi connectivity index (χ4v) is 1.88. The van der Waals surface area contributed by atoms with E-state index in [-0.39, 0.29) is 34.1 Å². The maximum Gasteiger partial charge on any atom is 0.311 e. The van der Waals surface area contributed by atoms with Crippen LogP contribution in [0.4, 0.5) is 8.78 Å². The Morgan fingerprint density at radius 1 is 1.67 bits per heavy atom. The number of aromatic nitrogens is 1. The Morgan fingerprint density at radius 3 is 2.78 bits per heavy atom. The summed E-state index contributed by atoms with van der Waals surface area (Å²) >= 11 is 3.05. The number of hydrogen-bond donors (Lipinski definition) is 0. The Hall–Kier alpha value is -1.55. The number of rotatable bonds is 4. The SMILES string of the molecule is COC(=O)Cc1ncc(CBr)c(C(F)F)c1C#N. The molecule has 1 rings (SSSR count). The summed E-state index contributed by atoms with van der Waals surface area (Å²) in [5.41, 5.74) is -0.407. The van der Waals surface area contributed by atoms with Crippen molar-refractivity contribution in [3.8, 4) is 6.07 Å². The summed E-state index contributed by atoms with van der Waals surface area (Å²) < 4.78 is 30.3. The van der Waals surface area contributed by atoms with Gasteiger partial charge in [-0.15, -0.1) is 0 Å². The Balaban J connectivity index is 3.34. The number of carbonyl (C=O) groups excluding carboxylic acids is 1. The smallest absolute Gasteiger partial charge is 0.311 e. The highest BCUT2D eigenvalue weighted by molar-refractivity contribution is 9.08. The first-order chi connectivity index (χ1) is 8.54. The van der Waals surface area contributed by atoms with E-state index in [2.05, 4.69) is 25.7 Å². The highest BCUT2D eigenvalue weighted by Crippen LogP contribution is 2.29. The van der Waals surface area contributed by atoms with Crippen molar-refractivity contribution in [2.24, 2.45) is 0 Å². The molecule has 96 valence electrons. The number of nitriles is 1. The molecular formula is C11H9BrF2N2O2. The number of nitrogens with zero attached hydrogens (tertiary/aromatic N) is 2. The molecule has 0 aliphatic carbocycles. The molecular weight excluding hydrogens is 310 g/mol. The molecule has 1 heterocycles. The van der Waals surface area contributed by atoms with E-state index in [1.165, 1.54) is 13.3 Å². The van der Waals surface area contributed by atoms with Crippen LogP contribution >= 0.6 is 15.9 Å². The maximum atomic E-state index is 12.9. The molecule has 0 radical (unpaired) electrons. The molecule has 0 amide bonds. The third-order valence-corrected chi connectivity index (χ3v) is 2.90. The normalized spacial score (nSPS) is 10.2. The van der Waals surface area contributed by atoms with Crippen LogP contribution in [-0.4, -0.2) is 18.1 Å². The monoisotopic (exact) mass is 318 g/mol. The van der Waals surface area contributed by atoms with Gasteiger partial charge in [0, 0.05) is 17.1 Å². The van der Waals surface area contributed by atoms with Gasteiger partial charge in [0.25, 0.3) is 6.43 Å². The van der Waals surface area contributed by atoms with Crippen LogP contribution in [0.2, 0.25) is 0 Å². The lowest BCUT2D eigenvalue weighted by atomic mass is 10.0. The fraction of sp³-hybridized carbons (Fsp3) is 0.364. The second-order valence-electron chi connectivity index (χ2n) is 3.32. The van der Waals surface area contributed by atoms with Crippen LogP contribution in [0.1, 0.15) is 28.8 Å². The average Bonchev–Trinajstić information content (AvgIpc) is 2.37. The number of pyridine rings is 1. The molecule has 1 aromatic rings. The number of esters is 1. The molecule has 1 aromatic heterocycles. The minimum absolute atomic E-state index is 0.00403. The highest BCUT2D eigenvalue weighted by Gasteiger charge is 2.22. The zero-order chi connectivity index (χ0) is 13.7. The first-order valence-corrected chi connectivity index (χ1v) is 5.99. The van der Waals surface area contributed by atoms with Crippen molar-refractivity contribution >= 4 is 21.9 Å². The van der Waals surface area contributed by atoms with Crippen molar-refractivity contribution in [3.63, 3.8) is 0 Å². The molecule has 0 N–H and O–H groups in total. The predicted octanol–water partition coefficient (Wildman–Crippen LogP) is 2.50. The molecule has 18 heavy (non-hydrogen) atoms. The van der Waals surface area contributed by atoms with Gasteiger partial charge >= 0.3 is 5.97 Å². The van der Waals surface area contributed by atoms with E-state index in [0.717, 1.165) is 0 Å². The third kappa shape index (κ3) is 3.01. The molecule has 0 saturated heterocycles. The Bertz CT molecular complexity index is 501. The standard InChI is InChI=1S/C11H9BrF2N2O2/c1-18-9(17)2-8-7(4-15)10(11(13)14)6(3-12)5-16-8/h5,11H,2-3H2,1H3. The van der Waals surface area contributed by atoms with E-state index in [4.69, 9.17) is 5.26 Å². The quantitative estimate of drug-likeness (QED) is 0.632. The molecule has 0 unspecified atom stereocenters. The number of carbonyl (C=O) groups is 1. The number of alkyl halides is 3. The van der Waals surface area contributed by atoms with Crippen LogP contribution in [0.15, 0.2) is 6.20 Å². The average molecular weight is 319 g/mol. The Morgan fingerprint density at radius 2 is 2.33 bits per heavy atom. The zero-order valence-electron chi connectivity index (χ0n) is 9.41. The summed E-state index contributed by atoms with van der Waals surface area (Å²) in [5, 5.41) is 9.12. The van der Waals surface area contributed by atoms with E-state index in [1.807, 2.05) is 0 Å². The maximum absolute atomic E-state index is 12.9. The highest BCUT2D eigenvalue weighted by atomic mass is 79.9. The van der Waals surface area contributed by atoms with Crippen molar-refractivity contribution in [2.45, 2.75) is 18.2 Å². The Labute approximate surface area is 111 Å². The van der Waals surface area contributed by atoms with Crippen LogP contribution in [0.25, 0.3) is 0 Å². The second kappa shape index (κ2) is 6.40. The van der Waals surface area contributed by atoms with E-state index < -0.39 is 12.4 Å². The number of ether oxygens (including phenoxy) is 1. The molecule has 4 nitrogen and oxygen atoms in total. The fourth-order valence-electron chi connectivity index (χ4n) is 1.43. The van der Waals surface area contributed by atoms with Crippen molar-refractivity contribution in [3.05, 3.63) is 28.6 Å². The van der Waals surface area contributed by atoms with Crippen molar-refractivity contribution < 1.29 is 18.3 Å². The molecule has 0 aliphatic rings. The first kappa shape index (κ1) is 14.5.